The highest BCUT2D eigenvalue weighted by Gasteiger charge is 2.17. The first-order valence-corrected chi connectivity index (χ1v) is 8.45. The number of halogens is 1. The van der Waals surface area contributed by atoms with Crippen LogP contribution in [0.5, 0.6) is 0 Å². The van der Waals surface area contributed by atoms with Crippen LogP contribution in [0.15, 0.2) is 24.3 Å². The number of benzene rings is 1. The molecule has 0 aromatic heterocycles. The van der Waals surface area contributed by atoms with Gasteiger partial charge in [0.15, 0.2) is 0 Å². The van der Waals surface area contributed by atoms with Gasteiger partial charge in [0.05, 0.1) is 0 Å². The van der Waals surface area contributed by atoms with Gasteiger partial charge < -0.3 is 9.80 Å². The molecular weight excluding hydrogens is 268 g/mol. The summed E-state index contributed by atoms with van der Waals surface area (Å²) < 4.78 is 0. The third kappa shape index (κ3) is 3.67. The molecule has 2 heterocycles. The normalized spacial score (nSPS) is 24.2. The van der Waals surface area contributed by atoms with Crippen LogP contribution in [-0.4, -0.2) is 43.0 Å². The summed E-state index contributed by atoms with van der Waals surface area (Å²) in [6.07, 6.45) is 6.26. The molecule has 3 rings (SSSR count). The first-order valence-electron chi connectivity index (χ1n) is 8.01. The number of rotatable bonds is 4. The fourth-order valence-electron chi connectivity index (χ4n) is 3.37. The summed E-state index contributed by atoms with van der Waals surface area (Å²) in [5.41, 5.74) is 2.87. The Balaban J connectivity index is 1.55. The van der Waals surface area contributed by atoms with Gasteiger partial charge in [0.1, 0.15) is 0 Å². The molecule has 0 aliphatic carbocycles. The predicted octanol–water partition coefficient (Wildman–Crippen LogP) is 3.53. The Bertz CT molecular complexity index is 429. The van der Waals surface area contributed by atoms with Gasteiger partial charge in [0.25, 0.3) is 0 Å². The van der Waals surface area contributed by atoms with E-state index < -0.39 is 0 Å². The molecule has 2 nitrogen and oxygen atoms in total. The van der Waals surface area contributed by atoms with Crippen LogP contribution in [0.1, 0.15) is 31.2 Å². The highest BCUT2D eigenvalue weighted by atomic mass is 35.5. The molecule has 3 heteroatoms. The molecule has 0 radical (unpaired) electrons. The fourth-order valence-corrected chi connectivity index (χ4v) is 3.72. The van der Waals surface area contributed by atoms with Gasteiger partial charge in [-0.15, -0.1) is 11.6 Å². The second-order valence-electron chi connectivity index (χ2n) is 6.15. The average Bonchev–Trinajstić information content (AvgIpc) is 3.00. The molecule has 0 unspecified atom stereocenters. The van der Waals surface area contributed by atoms with Crippen molar-refractivity contribution in [2.45, 2.75) is 37.5 Å². The highest BCUT2D eigenvalue weighted by Crippen LogP contribution is 2.22. The third-order valence-electron chi connectivity index (χ3n) is 4.55. The number of anilines is 1. The summed E-state index contributed by atoms with van der Waals surface area (Å²) >= 11 is 6.26. The van der Waals surface area contributed by atoms with E-state index in [9.17, 15) is 0 Å². The SMILES string of the molecule is Cl[C@@H]1CCCN(CCc2cccc(N3CCCC3)c2)C1. The van der Waals surface area contributed by atoms with Gasteiger partial charge in [0, 0.05) is 37.2 Å². The van der Waals surface area contributed by atoms with Crippen LogP contribution in [0.3, 0.4) is 0 Å². The first-order chi connectivity index (χ1) is 9.81. The molecule has 0 spiro atoms. The van der Waals surface area contributed by atoms with Crippen LogP contribution in [-0.2, 0) is 6.42 Å². The molecule has 2 aliphatic rings. The molecule has 2 aliphatic heterocycles. The highest BCUT2D eigenvalue weighted by molar-refractivity contribution is 6.20. The summed E-state index contributed by atoms with van der Waals surface area (Å²) in [7, 11) is 0. The van der Waals surface area contributed by atoms with Crippen molar-refractivity contribution in [3.63, 3.8) is 0 Å². The minimum absolute atomic E-state index is 0.361. The maximum absolute atomic E-state index is 6.26. The lowest BCUT2D eigenvalue weighted by molar-refractivity contribution is 0.235. The maximum atomic E-state index is 6.26. The Labute approximate surface area is 127 Å². The van der Waals surface area contributed by atoms with Gasteiger partial charge in [-0.3, -0.25) is 0 Å². The molecule has 20 heavy (non-hydrogen) atoms. The van der Waals surface area contributed by atoms with Crippen LogP contribution < -0.4 is 4.90 Å². The number of nitrogens with zero attached hydrogens (tertiary/aromatic N) is 2. The molecule has 0 bridgehead atoms. The number of hydrogen-bond donors (Lipinski definition) is 0. The van der Waals surface area contributed by atoms with Crippen LogP contribution in [0.25, 0.3) is 0 Å². The second-order valence-corrected chi connectivity index (χ2v) is 6.77. The number of hydrogen-bond acceptors (Lipinski definition) is 2. The molecular formula is C17H25ClN2. The van der Waals surface area contributed by atoms with Crippen LogP contribution in [0, 0.1) is 0 Å². The van der Waals surface area contributed by atoms with E-state index in [2.05, 4.69) is 34.1 Å². The summed E-state index contributed by atoms with van der Waals surface area (Å²) in [6, 6.07) is 9.11. The average molecular weight is 293 g/mol. The van der Waals surface area contributed by atoms with Crippen molar-refractivity contribution >= 4 is 17.3 Å². The number of alkyl halides is 1. The van der Waals surface area contributed by atoms with E-state index in [1.165, 1.54) is 56.6 Å². The Morgan fingerprint density at radius 2 is 1.95 bits per heavy atom. The standard InChI is InChI=1S/C17H25ClN2/c18-16-6-4-9-19(14-16)12-8-15-5-3-7-17(13-15)20-10-1-2-11-20/h3,5,7,13,16H,1-2,4,6,8-12,14H2/t16-/m1/s1. The van der Waals surface area contributed by atoms with Gasteiger partial charge >= 0.3 is 0 Å². The van der Waals surface area contributed by atoms with Crippen LogP contribution in [0.4, 0.5) is 5.69 Å². The van der Waals surface area contributed by atoms with Crippen LogP contribution in [0.2, 0.25) is 0 Å². The number of piperidine rings is 1. The van der Waals surface area contributed by atoms with Gasteiger partial charge in [-0.2, -0.15) is 0 Å². The van der Waals surface area contributed by atoms with E-state index in [4.69, 9.17) is 11.6 Å². The van der Waals surface area contributed by atoms with Crippen molar-refractivity contribution < 1.29 is 0 Å². The zero-order valence-corrected chi connectivity index (χ0v) is 13.0. The summed E-state index contributed by atoms with van der Waals surface area (Å²) in [6.45, 7) is 5.88. The monoisotopic (exact) mass is 292 g/mol. The number of likely N-dealkylation sites (tertiary alicyclic amines) is 1. The van der Waals surface area contributed by atoms with Crippen molar-refractivity contribution in [2.24, 2.45) is 0 Å². The zero-order valence-electron chi connectivity index (χ0n) is 12.2. The van der Waals surface area contributed by atoms with E-state index in [1.54, 1.807) is 0 Å². The molecule has 2 fully saturated rings. The largest absolute Gasteiger partial charge is 0.372 e. The lowest BCUT2D eigenvalue weighted by Gasteiger charge is -2.29. The molecule has 110 valence electrons. The topological polar surface area (TPSA) is 6.48 Å². The smallest absolute Gasteiger partial charge is 0.0463 e. The zero-order chi connectivity index (χ0) is 13.8. The summed E-state index contributed by atoms with van der Waals surface area (Å²) in [4.78, 5) is 5.03. The first kappa shape index (κ1) is 14.2. The molecule has 1 aromatic rings. The van der Waals surface area contributed by atoms with E-state index in [0.29, 0.717) is 5.38 Å². The summed E-state index contributed by atoms with van der Waals surface area (Å²) in [5, 5.41) is 0.361. The van der Waals surface area contributed by atoms with E-state index in [0.717, 1.165) is 19.5 Å². The van der Waals surface area contributed by atoms with E-state index >= 15 is 0 Å². The molecule has 2 saturated heterocycles. The second kappa shape index (κ2) is 6.82. The van der Waals surface area contributed by atoms with Crippen molar-refractivity contribution in [2.75, 3.05) is 37.6 Å². The lowest BCUT2D eigenvalue weighted by atomic mass is 10.1. The maximum Gasteiger partial charge on any atom is 0.0463 e. The lowest BCUT2D eigenvalue weighted by Crippen LogP contribution is -2.37. The van der Waals surface area contributed by atoms with Gasteiger partial charge in [0.2, 0.25) is 0 Å². The third-order valence-corrected chi connectivity index (χ3v) is 4.90. The van der Waals surface area contributed by atoms with Crippen molar-refractivity contribution in [3.05, 3.63) is 29.8 Å². The van der Waals surface area contributed by atoms with E-state index in [1.807, 2.05) is 0 Å². The van der Waals surface area contributed by atoms with Crippen molar-refractivity contribution in [1.82, 2.24) is 4.90 Å². The van der Waals surface area contributed by atoms with Gasteiger partial charge in [-0.05, 0) is 56.3 Å². The molecule has 1 aromatic carbocycles. The Kier molecular flexibility index (Phi) is 4.85. The van der Waals surface area contributed by atoms with E-state index in [-0.39, 0.29) is 0 Å². The van der Waals surface area contributed by atoms with Crippen molar-refractivity contribution in [3.8, 4) is 0 Å². The van der Waals surface area contributed by atoms with Crippen molar-refractivity contribution in [1.29, 1.82) is 0 Å². The van der Waals surface area contributed by atoms with Gasteiger partial charge in [-0.25, -0.2) is 0 Å². The molecule has 0 amide bonds. The quantitative estimate of drug-likeness (QED) is 0.783. The Morgan fingerprint density at radius 1 is 1.10 bits per heavy atom. The Hall–Kier alpha value is -0.730. The van der Waals surface area contributed by atoms with Gasteiger partial charge in [-0.1, -0.05) is 12.1 Å². The molecule has 0 N–H and O–H groups in total. The van der Waals surface area contributed by atoms with Crippen LogP contribution >= 0.6 is 11.6 Å². The molecule has 1 atom stereocenters. The predicted molar refractivity (Wildman–Crippen MR) is 86.9 cm³/mol. The fraction of sp³-hybridized carbons (Fsp3) is 0.647. The minimum Gasteiger partial charge on any atom is -0.372 e. The minimum atomic E-state index is 0.361. The Morgan fingerprint density at radius 3 is 2.75 bits per heavy atom. The summed E-state index contributed by atoms with van der Waals surface area (Å²) in [5.74, 6) is 0. The molecule has 0 saturated carbocycles.